The van der Waals surface area contributed by atoms with E-state index in [1.165, 1.54) is 0 Å². The van der Waals surface area contributed by atoms with Crippen LogP contribution in [0.4, 0.5) is 10.6 Å². The first kappa shape index (κ1) is 18.8. The molecule has 2 aromatic rings. The summed E-state index contributed by atoms with van der Waals surface area (Å²) in [5, 5.41) is 4.57. The predicted molar refractivity (Wildman–Crippen MR) is 114 cm³/mol. The van der Waals surface area contributed by atoms with E-state index < -0.39 is 0 Å². The molecule has 0 saturated carbocycles. The van der Waals surface area contributed by atoms with Gasteiger partial charge in [-0.15, -0.1) is 0 Å². The summed E-state index contributed by atoms with van der Waals surface area (Å²) < 4.78 is 1.75. The van der Waals surface area contributed by atoms with Crippen LogP contribution < -0.4 is 4.90 Å². The lowest BCUT2D eigenvalue weighted by molar-refractivity contribution is -0.129. The molecule has 1 aromatic carbocycles. The molecular formula is C22H26N6O2. The fourth-order valence-corrected chi connectivity index (χ4v) is 4.43. The lowest BCUT2D eigenvalue weighted by Crippen LogP contribution is -2.53. The van der Waals surface area contributed by atoms with Crippen molar-refractivity contribution in [1.82, 2.24) is 19.6 Å². The zero-order valence-corrected chi connectivity index (χ0v) is 17.3. The van der Waals surface area contributed by atoms with Crippen molar-refractivity contribution in [2.75, 3.05) is 37.6 Å². The van der Waals surface area contributed by atoms with Gasteiger partial charge in [-0.1, -0.05) is 30.5 Å². The molecule has 1 fully saturated rings. The van der Waals surface area contributed by atoms with E-state index in [9.17, 15) is 9.59 Å². The summed E-state index contributed by atoms with van der Waals surface area (Å²) in [6.07, 6.45) is 6.11. The zero-order valence-electron chi connectivity index (χ0n) is 17.3. The van der Waals surface area contributed by atoms with Gasteiger partial charge in [0, 0.05) is 19.6 Å². The molecule has 1 saturated heterocycles. The molecule has 0 aliphatic carbocycles. The van der Waals surface area contributed by atoms with Crippen molar-refractivity contribution >= 4 is 23.6 Å². The zero-order chi connectivity index (χ0) is 20.7. The average Bonchev–Trinajstić information content (AvgIpc) is 3.31. The number of hydrogen-bond donors (Lipinski definition) is 0. The topological polar surface area (TPSA) is 74.0 Å². The molecule has 3 amide bonds. The maximum atomic E-state index is 13.4. The Kier molecular flexibility index (Phi) is 4.77. The number of aliphatic imine (C=N–C) groups is 1. The number of aryl methyl sites for hydroxylation is 1. The van der Waals surface area contributed by atoms with E-state index in [0.29, 0.717) is 24.7 Å². The van der Waals surface area contributed by atoms with Gasteiger partial charge in [0.15, 0.2) is 5.82 Å². The number of carbonyl (C=O) groups excluding carboxylic acids is 2. The Morgan fingerprint density at radius 2 is 1.77 bits per heavy atom. The van der Waals surface area contributed by atoms with Crippen LogP contribution in [0.2, 0.25) is 0 Å². The fraction of sp³-hybridized carbons (Fsp3) is 0.455. The molecule has 3 aliphatic heterocycles. The van der Waals surface area contributed by atoms with Crippen molar-refractivity contribution in [3.63, 3.8) is 0 Å². The molecule has 0 bridgehead atoms. The second-order valence-electron chi connectivity index (χ2n) is 8.15. The van der Waals surface area contributed by atoms with E-state index >= 15 is 0 Å². The van der Waals surface area contributed by atoms with Crippen LogP contribution >= 0.6 is 0 Å². The SMILES string of the molecule is Cc1ccc(-n2ncc3c2N(CC(=O)N2CCCCCC2)C(=O)N2CCN=C32)cc1. The van der Waals surface area contributed by atoms with E-state index in [2.05, 4.69) is 10.1 Å². The van der Waals surface area contributed by atoms with Crippen molar-refractivity contribution in [1.29, 1.82) is 0 Å². The first-order chi connectivity index (χ1) is 14.6. The van der Waals surface area contributed by atoms with Gasteiger partial charge < -0.3 is 4.90 Å². The van der Waals surface area contributed by atoms with Gasteiger partial charge in [-0.05, 0) is 31.9 Å². The fourth-order valence-electron chi connectivity index (χ4n) is 4.43. The molecule has 4 heterocycles. The minimum absolute atomic E-state index is 0.00700. The Morgan fingerprint density at radius 1 is 1.03 bits per heavy atom. The maximum Gasteiger partial charge on any atom is 0.331 e. The van der Waals surface area contributed by atoms with Gasteiger partial charge in [-0.25, -0.2) is 9.48 Å². The van der Waals surface area contributed by atoms with Crippen LogP contribution in [0, 0.1) is 6.92 Å². The summed E-state index contributed by atoms with van der Waals surface area (Å²) in [6, 6.07) is 7.78. The van der Waals surface area contributed by atoms with Crippen LogP contribution in [-0.2, 0) is 4.79 Å². The number of benzene rings is 1. The van der Waals surface area contributed by atoms with Crippen molar-refractivity contribution in [2.45, 2.75) is 32.6 Å². The van der Waals surface area contributed by atoms with Crippen LogP contribution in [-0.4, -0.2) is 70.1 Å². The largest absolute Gasteiger partial charge is 0.341 e. The smallest absolute Gasteiger partial charge is 0.331 e. The highest BCUT2D eigenvalue weighted by Crippen LogP contribution is 2.33. The number of carbonyl (C=O) groups is 2. The number of hydrogen-bond acceptors (Lipinski definition) is 4. The molecule has 0 atom stereocenters. The molecule has 8 heteroatoms. The number of anilines is 1. The van der Waals surface area contributed by atoms with Gasteiger partial charge in [0.05, 0.1) is 24.0 Å². The average molecular weight is 406 g/mol. The third-order valence-corrected chi connectivity index (χ3v) is 6.07. The summed E-state index contributed by atoms with van der Waals surface area (Å²) in [6.45, 7) is 4.70. The van der Waals surface area contributed by atoms with Crippen LogP contribution in [0.1, 0.15) is 36.8 Å². The first-order valence-corrected chi connectivity index (χ1v) is 10.7. The molecule has 156 valence electrons. The number of fused-ring (bicyclic) bond motifs is 3. The number of aromatic nitrogens is 2. The minimum atomic E-state index is -0.198. The third kappa shape index (κ3) is 3.16. The second kappa shape index (κ2) is 7.59. The summed E-state index contributed by atoms with van der Waals surface area (Å²) in [5.74, 6) is 1.28. The van der Waals surface area contributed by atoms with Gasteiger partial charge in [-0.3, -0.25) is 19.6 Å². The van der Waals surface area contributed by atoms with Crippen LogP contribution in [0.3, 0.4) is 0 Å². The number of amides is 3. The summed E-state index contributed by atoms with van der Waals surface area (Å²) in [7, 11) is 0. The molecule has 0 N–H and O–H groups in total. The lowest BCUT2D eigenvalue weighted by atomic mass is 10.2. The first-order valence-electron chi connectivity index (χ1n) is 10.7. The van der Waals surface area contributed by atoms with E-state index in [-0.39, 0.29) is 18.5 Å². The highest BCUT2D eigenvalue weighted by atomic mass is 16.2. The second-order valence-corrected chi connectivity index (χ2v) is 8.15. The van der Waals surface area contributed by atoms with Crippen molar-refractivity contribution < 1.29 is 9.59 Å². The number of amidine groups is 1. The molecule has 1 aromatic heterocycles. The maximum absolute atomic E-state index is 13.4. The monoisotopic (exact) mass is 406 g/mol. The predicted octanol–water partition coefficient (Wildman–Crippen LogP) is 2.59. The van der Waals surface area contributed by atoms with Gasteiger partial charge in [-0.2, -0.15) is 5.10 Å². The van der Waals surface area contributed by atoms with E-state index in [1.807, 2.05) is 36.1 Å². The summed E-state index contributed by atoms with van der Waals surface area (Å²) in [4.78, 5) is 36.2. The number of rotatable bonds is 3. The molecule has 8 nitrogen and oxygen atoms in total. The summed E-state index contributed by atoms with van der Waals surface area (Å²) in [5.41, 5.74) is 2.81. The molecule has 0 unspecified atom stereocenters. The highest BCUT2D eigenvalue weighted by Gasteiger charge is 2.41. The lowest BCUT2D eigenvalue weighted by Gasteiger charge is -2.34. The molecule has 0 spiro atoms. The molecular weight excluding hydrogens is 380 g/mol. The Labute approximate surface area is 175 Å². The van der Waals surface area contributed by atoms with E-state index in [0.717, 1.165) is 55.6 Å². The quantitative estimate of drug-likeness (QED) is 0.786. The minimum Gasteiger partial charge on any atom is -0.341 e. The molecule has 30 heavy (non-hydrogen) atoms. The molecule has 3 aliphatic rings. The van der Waals surface area contributed by atoms with E-state index in [1.54, 1.807) is 20.7 Å². The van der Waals surface area contributed by atoms with Gasteiger partial charge >= 0.3 is 6.03 Å². The van der Waals surface area contributed by atoms with Crippen LogP contribution in [0.5, 0.6) is 0 Å². The third-order valence-electron chi connectivity index (χ3n) is 6.07. The van der Waals surface area contributed by atoms with Crippen molar-refractivity contribution in [2.24, 2.45) is 4.99 Å². The van der Waals surface area contributed by atoms with E-state index in [4.69, 9.17) is 0 Å². The normalized spacial score (nSPS) is 18.8. The van der Waals surface area contributed by atoms with Crippen LogP contribution in [0.15, 0.2) is 35.5 Å². The highest BCUT2D eigenvalue weighted by molar-refractivity contribution is 6.20. The Hall–Kier alpha value is -3.16. The Morgan fingerprint density at radius 3 is 2.50 bits per heavy atom. The van der Waals surface area contributed by atoms with Gasteiger partial charge in [0.2, 0.25) is 5.91 Å². The molecule has 5 rings (SSSR count). The van der Waals surface area contributed by atoms with Crippen molar-refractivity contribution in [3.05, 3.63) is 41.6 Å². The Bertz CT molecular complexity index is 1000. The van der Waals surface area contributed by atoms with Crippen molar-refractivity contribution in [3.8, 4) is 5.69 Å². The van der Waals surface area contributed by atoms with Crippen LogP contribution in [0.25, 0.3) is 5.69 Å². The number of urea groups is 1. The van der Waals surface area contributed by atoms with Gasteiger partial charge in [0.25, 0.3) is 0 Å². The number of nitrogens with zero attached hydrogens (tertiary/aromatic N) is 6. The number of likely N-dealkylation sites (tertiary alicyclic amines) is 1. The Balaban J connectivity index is 1.53. The standard InChI is InChI=1S/C22H26N6O2/c1-16-6-8-17(9-7-16)28-21-18(14-24-28)20-23-10-13-26(20)22(30)27(21)15-19(29)25-11-4-2-3-5-12-25/h6-9,14H,2-5,10-13,15H2,1H3. The summed E-state index contributed by atoms with van der Waals surface area (Å²) >= 11 is 0. The van der Waals surface area contributed by atoms with Gasteiger partial charge in [0.1, 0.15) is 12.4 Å². The molecule has 0 radical (unpaired) electrons.